The van der Waals surface area contributed by atoms with Crippen molar-refractivity contribution in [3.63, 3.8) is 0 Å². The summed E-state index contributed by atoms with van der Waals surface area (Å²) in [5, 5.41) is 35.4. The predicted octanol–water partition coefficient (Wildman–Crippen LogP) is -1.09. The van der Waals surface area contributed by atoms with Gasteiger partial charge in [-0.05, 0) is 51.4 Å². The molecule has 2 fully saturated rings. The van der Waals surface area contributed by atoms with Gasteiger partial charge in [0.25, 0.3) is 0 Å². The molecule has 3 aliphatic rings. The number of carboxylic acid groups (broad SMARTS) is 1. The van der Waals surface area contributed by atoms with Crippen molar-refractivity contribution in [2.45, 2.75) is 37.5 Å². The Balaban J connectivity index is 1.80. The molecule has 2 amide bonds. The van der Waals surface area contributed by atoms with Gasteiger partial charge in [0.15, 0.2) is 34.7 Å². The first-order valence-electron chi connectivity index (χ1n) is 14.1. The summed E-state index contributed by atoms with van der Waals surface area (Å²) in [6.45, 7) is 1.10. The number of nitrogens with one attached hydrogen (secondary N) is 1. The summed E-state index contributed by atoms with van der Waals surface area (Å²) in [6.07, 6.45) is -0.864. The molecule has 0 saturated heterocycles. The first kappa shape index (κ1) is 32.5. The van der Waals surface area contributed by atoms with E-state index in [0.29, 0.717) is 17.5 Å². The Morgan fingerprint density at radius 3 is 2.32 bits per heavy atom. The van der Waals surface area contributed by atoms with Gasteiger partial charge in [0, 0.05) is 38.3 Å². The molecule has 0 radical (unpaired) electrons. The van der Waals surface area contributed by atoms with Gasteiger partial charge in [-0.25, -0.2) is 4.79 Å². The molecule has 3 unspecified atom stereocenters. The van der Waals surface area contributed by atoms with Crippen molar-refractivity contribution in [1.82, 2.24) is 9.80 Å². The standard InChI is InChI=1S/C29H37N5O10/c1-12(11-34(6-7-35)28(42)43)31-16-10-17(32(2)3)14-8-13-9-15-21(33(4)5)24(38)20(27(30)41)26(40)29(15,44)25(39)18(13)23(37)19(14)22(16)36/h7,10,12-13,15,18,20-21,31,36,44H,6,8-9,11H2,1-5H3,(H2,30,41)(H,42,43)/t12?,13-,15-,18?,20?,21-,29-/m0/s1. The maximum Gasteiger partial charge on any atom is 0.407 e. The highest BCUT2D eigenvalue weighted by Gasteiger charge is 2.69. The Labute approximate surface area is 252 Å². The van der Waals surface area contributed by atoms with E-state index >= 15 is 0 Å². The summed E-state index contributed by atoms with van der Waals surface area (Å²) < 4.78 is 0. The fourth-order valence-corrected chi connectivity index (χ4v) is 7.12. The second kappa shape index (κ2) is 11.6. The number of anilines is 2. The number of benzene rings is 1. The zero-order valence-corrected chi connectivity index (χ0v) is 25.1. The molecule has 0 bridgehead atoms. The van der Waals surface area contributed by atoms with Gasteiger partial charge in [0.2, 0.25) is 5.91 Å². The van der Waals surface area contributed by atoms with Crippen LogP contribution in [0.4, 0.5) is 16.2 Å². The van der Waals surface area contributed by atoms with Crippen LogP contribution in [0.3, 0.4) is 0 Å². The number of ketones is 4. The smallest absolute Gasteiger partial charge is 0.407 e. The van der Waals surface area contributed by atoms with Crippen LogP contribution in [0, 0.1) is 23.7 Å². The maximum atomic E-state index is 14.1. The van der Waals surface area contributed by atoms with Crippen molar-refractivity contribution in [2.75, 3.05) is 51.5 Å². The van der Waals surface area contributed by atoms with E-state index in [4.69, 9.17) is 5.73 Å². The number of aromatic hydroxyl groups is 1. The summed E-state index contributed by atoms with van der Waals surface area (Å²) in [5.74, 6) is -11.5. The Kier molecular flexibility index (Phi) is 8.59. The van der Waals surface area contributed by atoms with Gasteiger partial charge < -0.3 is 36.1 Å². The molecule has 6 N–H and O–H groups in total. The van der Waals surface area contributed by atoms with Gasteiger partial charge in [-0.3, -0.25) is 33.8 Å². The zero-order chi connectivity index (χ0) is 33.0. The minimum Gasteiger partial charge on any atom is -0.505 e. The van der Waals surface area contributed by atoms with E-state index in [9.17, 15) is 48.9 Å². The third-order valence-electron chi connectivity index (χ3n) is 8.98. The third kappa shape index (κ3) is 4.99. The molecule has 7 atom stereocenters. The number of rotatable bonds is 9. The van der Waals surface area contributed by atoms with Crippen LogP contribution >= 0.6 is 0 Å². The lowest BCUT2D eigenvalue weighted by molar-refractivity contribution is -0.181. The second-order valence-electron chi connectivity index (χ2n) is 12.2. The summed E-state index contributed by atoms with van der Waals surface area (Å²) in [6, 6.07) is -0.256. The molecule has 238 valence electrons. The molecule has 0 aromatic heterocycles. The summed E-state index contributed by atoms with van der Waals surface area (Å²) in [4.78, 5) is 93.4. The molecule has 4 rings (SSSR count). The van der Waals surface area contributed by atoms with Crippen LogP contribution in [0.2, 0.25) is 0 Å². The Morgan fingerprint density at radius 2 is 1.80 bits per heavy atom. The normalized spacial score (nSPS) is 28.5. The van der Waals surface area contributed by atoms with E-state index in [-0.39, 0.29) is 37.2 Å². The molecule has 2 saturated carbocycles. The number of hydrogen-bond acceptors (Lipinski definition) is 12. The van der Waals surface area contributed by atoms with Gasteiger partial charge in [-0.15, -0.1) is 0 Å². The SMILES string of the molecule is CC(CN(CC=O)C(=O)O)Nc1cc(N(C)C)c2c(c1O)C(=O)C1C(=O)[C@]3(O)C(=O)C(C(N)=O)C(=O)[C@@H](N(C)C)[C@@H]3C[C@@H]1C2. The number of carbonyl (C=O) groups is 7. The number of phenolic OH excluding ortho intramolecular Hbond substituents is 1. The molecule has 0 aliphatic heterocycles. The number of hydrogen-bond donors (Lipinski definition) is 5. The van der Waals surface area contributed by atoms with Crippen LogP contribution in [0.5, 0.6) is 5.75 Å². The van der Waals surface area contributed by atoms with Gasteiger partial charge in [-0.1, -0.05) is 0 Å². The predicted molar refractivity (Wildman–Crippen MR) is 154 cm³/mol. The number of nitrogens with two attached hydrogens (primary N) is 1. The first-order chi connectivity index (χ1) is 20.5. The largest absolute Gasteiger partial charge is 0.505 e. The molecule has 44 heavy (non-hydrogen) atoms. The van der Waals surface area contributed by atoms with Crippen LogP contribution in [0.25, 0.3) is 0 Å². The van der Waals surface area contributed by atoms with Gasteiger partial charge in [0.05, 0.1) is 29.8 Å². The maximum absolute atomic E-state index is 14.1. The highest BCUT2D eigenvalue weighted by molar-refractivity contribution is 6.32. The fourth-order valence-electron chi connectivity index (χ4n) is 7.12. The minimum absolute atomic E-state index is 0.0591. The lowest BCUT2D eigenvalue weighted by atomic mass is 9.52. The fraction of sp³-hybridized carbons (Fsp3) is 0.552. The summed E-state index contributed by atoms with van der Waals surface area (Å²) in [7, 11) is 6.45. The number of nitrogens with zero attached hydrogens (tertiary/aromatic N) is 3. The van der Waals surface area contributed by atoms with Gasteiger partial charge >= 0.3 is 6.09 Å². The van der Waals surface area contributed by atoms with Crippen molar-refractivity contribution >= 4 is 52.8 Å². The Bertz CT molecular complexity index is 1460. The molecular formula is C29H37N5O10. The summed E-state index contributed by atoms with van der Waals surface area (Å²) in [5.41, 5.74) is 3.33. The van der Waals surface area contributed by atoms with E-state index < -0.39 is 82.2 Å². The molecule has 15 heteroatoms. The zero-order valence-electron chi connectivity index (χ0n) is 25.1. The number of primary amides is 1. The average molecular weight is 616 g/mol. The van der Waals surface area contributed by atoms with E-state index in [1.165, 1.54) is 19.0 Å². The molecule has 15 nitrogen and oxygen atoms in total. The monoisotopic (exact) mass is 615 g/mol. The van der Waals surface area contributed by atoms with Crippen LogP contribution in [-0.4, -0.2) is 126 Å². The highest BCUT2D eigenvalue weighted by atomic mass is 16.4. The van der Waals surface area contributed by atoms with Crippen LogP contribution < -0.4 is 16.0 Å². The number of aldehydes is 1. The molecule has 0 spiro atoms. The van der Waals surface area contributed by atoms with Crippen LogP contribution in [0.1, 0.15) is 29.3 Å². The number of aliphatic hydroxyl groups is 1. The van der Waals surface area contributed by atoms with Crippen molar-refractivity contribution in [3.8, 4) is 5.75 Å². The van der Waals surface area contributed by atoms with Gasteiger partial charge in [0.1, 0.15) is 12.0 Å². The molecule has 1 aromatic carbocycles. The lowest BCUT2D eigenvalue weighted by Gasteiger charge is -2.52. The Hall–Kier alpha value is -4.37. The van der Waals surface area contributed by atoms with Crippen molar-refractivity contribution in [3.05, 3.63) is 17.2 Å². The number of likely N-dealkylation sites (N-methyl/N-ethyl adjacent to an activating group) is 1. The van der Waals surface area contributed by atoms with Gasteiger partial charge in [-0.2, -0.15) is 0 Å². The number of phenols is 1. The molecule has 0 heterocycles. The average Bonchev–Trinajstić information content (AvgIpc) is 2.91. The highest BCUT2D eigenvalue weighted by Crippen LogP contribution is 2.52. The van der Waals surface area contributed by atoms with E-state index in [1.807, 2.05) is 0 Å². The van der Waals surface area contributed by atoms with Crippen molar-refractivity contribution in [2.24, 2.45) is 29.4 Å². The van der Waals surface area contributed by atoms with Crippen molar-refractivity contribution < 1.29 is 48.9 Å². The summed E-state index contributed by atoms with van der Waals surface area (Å²) >= 11 is 0. The molecule has 3 aliphatic carbocycles. The van der Waals surface area contributed by atoms with Crippen LogP contribution in [0.15, 0.2) is 6.07 Å². The number of fused-ring (bicyclic) bond motifs is 3. The third-order valence-corrected chi connectivity index (χ3v) is 8.98. The number of carbonyl (C=O) groups excluding carboxylic acids is 6. The Morgan fingerprint density at radius 1 is 1.16 bits per heavy atom. The number of Topliss-reactive ketones (excluding diaryl/α,β-unsaturated/α-hetero) is 4. The minimum atomic E-state index is -2.83. The van der Waals surface area contributed by atoms with Crippen molar-refractivity contribution in [1.29, 1.82) is 0 Å². The van der Waals surface area contributed by atoms with E-state index in [0.717, 1.165) is 4.90 Å². The number of amides is 2. The van der Waals surface area contributed by atoms with E-state index in [1.54, 1.807) is 32.0 Å². The first-order valence-corrected chi connectivity index (χ1v) is 14.1. The van der Waals surface area contributed by atoms with E-state index in [2.05, 4.69) is 5.32 Å². The quantitative estimate of drug-likeness (QED) is 0.127. The lowest BCUT2D eigenvalue weighted by Crippen LogP contribution is -2.74. The molecular weight excluding hydrogens is 578 g/mol. The topological polar surface area (TPSA) is 228 Å². The van der Waals surface area contributed by atoms with Crippen LogP contribution in [-0.2, 0) is 30.4 Å². The second-order valence-corrected chi connectivity index (χ2v) is 12.2. The molecule has 1 aromatic rings.